The maximum absolute atomic E-state index is 12.9. The van der Waals surface area contributed by atoms with Crippen molar-refractivity contribution < 1.29 is 14.3 Å². The van der Waals surface area contributed by atoms with Gasteiger partial charge in [0, 0.05) is 18.8 Å². The molecule has 1 aromatic heterocycles. The molecule has 1 N–H and O–H groups in total. The van der Waals surface area contributed by atoms with Crippen LogP contribution in [0, 0.1) is 0 Å². The molecular formula is C26H25N3O3S. The van der Waals surface area contributed by atoms with E-state index >= 15 is 0 Å². The van der Waals surface area contributed by atoms with Gasteiger partial charge >= 0.3 is 0 Å². The largest absolute Gasteiger partial charge is 0.493 e. The highest BCUT2D eigenvalue weighted by atomic mass is 32.1. The zero-order valence-electron chi connectivity index (χ0n) is 18.5. The third kappa shape index (κ3) is 5.75. The molecule has 33 heavy (non-hydrogen) atoms. The van der Waals surface area contributed by atoms with E-state index in [1.807, 2.05) is 54.6 Å². The van der Waals surface area contributed by atoms with Gasteiger partial charge in [-0.25, -0.2) is 0 Å². The summed E-state index contributed by atoms with van der Waals surface area (Å²) in [6, 6.07) is 25.9. The lowest BCUT2D eigenvalue weighted by atomic mass is 9.88. The van der Waals surface area contributed by atoms with E-state index in [0.29, 0.717) is 29.5 Å². The molecule has 6 nitrogen and oxygen atoms in total. The number of hydrogen-bond donors (Lipinski definition) is 1. The Morgan fingerprint density at radius 3 is 2.12 bits per heavy atom. The first-order valence-corrected chi connectivity index (χ1v) is 11.4. The van der Waals surface area contributed by atoms with Crippen LogP contribution in [0.5, 0.6) is 11.5 Å². The summed E-state index contributed by atoms with van der Waals surface area (Å²) in [5.74, 6) is 1.21. The average Bonchev–Trinajstić information content (AvgIpc) is 3.29. The van der Waals surface area contributed by atoms with Crippen molar-refractivity contribution in [1.82, 2.24) is 10.2 Å². The number of benzene rings is 3. The van der Waals surface area contributed by atoms with Gasteiger partial charge in [0.05, 0.1) is 14.2 Å². The molecule has 0 spiro atoms. The lowest BCUT2D eigenvalue weighted by Crippen LogP contribution is -2.16. The monoisotopic (exact) mass is 459 g/mol. The van der Waals surface area contributed by atoms with Gasteiger partial charge in [0.1, 0.15) is 5.01 Å². The van der Waals surface area contributed by atoms with E-state index in [9.17, 15) is 4.79 Å². The highest BCUT2D eigenvalue weighted by molar-refractivity contribution is 7.15. The smallest absolute Gasteiger partial charge is 0.227 e. The predicted molar refractivity (Wildman–Crippen MR) is 130 cm³/mol. The number of nitrogens with one attached hydrogen (secondary N) is 1. The number of aromatic nitrogens is 2. The number of nitrogens with zero attached hydrogens (tertiary/aromatic N) is 2. The second-order valence-electron chi connectivity index (χ2n) is 7.49. The number of ether oxygens (including phenoxy) is 2. The molecule has 0 fully saturated rings. The second kappa shape index (κ2) is 10.7. The lowest BCUT2D eigenvalue weighted by molar-refractivity contribution is -0.116. The number of amides is 1. The molecule has 0 unspecified atom stereocenters. The fourth-order valence-corrected chi connectivity index (χ4v) is 4.49. The summed E-state index contributed by atoms with van der Waals surface area (Å²) in [6.07, 6.45) is 0.906. The van der Waals surface area contributed by atoms with Gasteiger partial charge in [-0.2, -0.15) is 0 Å². The molecule has 0 aliphatic heterocycles. The van der Waals surface area contributed by atoms with E-state index in [2.05, 4.69) is 39.8 Å². The molecule has 1 amide bonds. The van der Waals surface area contributed by atoms with Crippen molar-refractivity contribution in [3.8, 4) is 11.5 Å². The van der Waals surface area contributed by atoms with Crippen LogP contribution in [0.4, 0.5) is 5.13 Å². The Morgan fingerprint density at radius 2 is 1.52 bits per heavy atom. The molecule has 4 aromatic rings. The number of carbonyl (C=O) groups excluding carboxylic acids is 1. The summed E-state index contributed by atoms with van der Waals surface area (Å²) in [5, 5.41) is 12.6. The van der Waals surface area contributed by atoms with E-state index in [-0.39, 0.29) is 11.8 Å². The molecule has 7 heteroatoms. The molecule has 168 valence electrons. The Bertz CT molecular complexity index is 1160. The normalized spacial score (nSPS) is 10.8. The molecule has 0 atom stereocenters. The Morgan fingerprint density at radius 1 is 0.879 bits per heavy atom. The van der Waals surface area contributed by atoms with Crippen molar-refractivity contribution in [2.24, 2.45) is 0 Å². The van der Waals surface area contributed by atoms with E-state index in [4.69, 9.17) is 9.47 Å². The van der Waals surface area contributed by atoms with Crippen LogP contribution in [0.25, 0.3) is 0 Å². The standard InChI is InChI=1S/C26H25N3O3S/c1-31-22-14-13-18(15-23(22)32-2)16-25-28-29-26(33-25)27-24(30)17-21(19-9-5-3-6-10-19)20-11-7-4-8-12-20/h3-15,21H,16-17H2,1-2H3,(H,27,29,30). The quantitative estimate of drug-likeness (QED) is 0.367. The Kier molecular flexibility index (Phi) is 7.32. The van der Waals surface area contributed by atoms with Gasteiger partial charge in [0.2, 0.25) is 11.0 Å². The van der Waals surface area contributed by atoms with Crippen molar-refractivity contribution >= 4 is 22.4 Å². The first kappa shape index (κ1) is 22.5. The van der Waals surface area contributed by atoms with Crippen LogP contribution in [0.15, 0.2) is 78.9 Å². The van der Waals surface area contributed by atoms with Gasteiger partial charge in [-0.1, -0.05) is 78.1 Å². The lowest BCUT2D eigenvalue weighted by Gasteiger charge is -2.17. The maximum Gasteiger partial charge on any atom is 0.227 e. The summed E-state index contributed by atoms with van der Waals surface area (Å²) < 4.78 is 10.7. The molecule has 0 radical (unpaired) electrons. The summed E-state index contributed by atoms with van der Waals surface area (Å²) in [6.45, 7) is 0. The van der Waals surface area contributed by atoms with Gasteiger partial charge in [0.15, 0.2) is 11.5 Å². The first-order chi connectivity index (χ1) is 16.2. The molecule has 0 aliphatic carbocycles. The molecule has 3 aromatic carbocycles. The van der Waals surface area contributed by atoms with Crippen molar-refractivity contribution in [1.29, 1.82) is 0 Å². The molecule has 1 heterocycles. The van der Waals surface area contributed by atoms with Crippen LogP contribution in [-0.4, -0.2) is 30.3 Å². The van der Waals surface area contributed by atoms with E-state index in [1.54, 1.807) is 14.2 Å². The summed E-state index contributed by atoms with van der Waals surface area (Å²) in [5.41, 5.74) is 3.23. The van der Waals surface area contributed by atoms with Crippen LogP contribution in [-0.2, 0) is 11.2 Å². The Hall–Kier alpha value is -3.71. The highest BCUT2D eigenvalue weighted by Crippen LogP contribution is 2.30. The van der Waals surface area contributed by atoms with E-state index in [1.165, 1.54) is 11.3 Å². The molecule has 0 saturated heterocycles. The van der Waals surface area contributed by atoms with Gasteiger partial charge < -0.3 is 14.8 Å². The number of hydrogen-bond acceptors (Lipinski definition) is 6. The molecule has 0 aliphatic rings. The topological polar surface area (TPSA) is 73.3 Å². The van der Waals surface area contributed by atoms with E-state index in [0.717, 1.165) is 21.7 Å². The minimum absolute atomic E-state index is 0.0356. The summed E-state index contributed by atoms with van der Waals surface area (Å²) in [4.78, 5) is 12.9. The number of rotatable bonds is 9. The van der Waals surface area contributed by atoms with Gasteiger partial charge in [-0.15, -0.1) is 10.2 Å². The van der Waals surface area contributed by atoms with Crippen molar-refractivity contribution in [2.75, 3.05) is 19.5 Å². The summed E-state index contributed by atoms with van der Waals surface area (Å²) >= 11 is 1.37. The minimum atomic E-state index is -0.0958. The van der Waals surface area contributed by atoms with E-state index < -0.39 is 0 Å². The van der Waals surface area contributed by atoms with Gasteiger partial charge in [0.25, 0.3) is 0 Å². The van der Waals surface area contributed by atoms with Crippen molar-refractivity contribution in [3.05, 3.63) is 101 Å². The predicted octanol–water partition coefficient (Wildman–Crippen LogP) is 5.31. The average molecular weight is 460 g/mol. The van der Waals surface area contributed by atoms with Crippen molar-refractivity contribution in [3.63, 3.8) is 0 Å². The third-order valence-electron chi connectivity index (χ3n) is 5.31. The SMILES string of the molecule is COc1ccc(Cc2nnc(NC(=O)CC(c3ccccc3)c3ccccc3)s2)cc1OC. The van der Waals surface area contributed by atoms with Crippen LogP contribution >= 0.6 is 11.3 Å². The fourth-order valence-electron chi connectivity index (χ4n) is 3.70. The second-order valence-corrected chi connectivity index (χ2v) is 8.56. The molecule has 4 rings (SSSR count). The first-order valence-electron chi connectivity index (χ1n) is 10.6. The van der Waals surface area contributed by atoms with Crippen molar-refractivity contribution in [2.45, 2.75) is 18.8 Å². The summed E-state index contributed by atoms with van der Waals surface area (Å²) in [7, 11) is 3.22. The number of carbonyl (C=O) groups is 1. The van der Waals surface area contributed by atoms with Crippen LogP contribution < -0.4 is 14.8 Å². The Balaban J connectivity index is 1.43. The number of anilines is 1. The van der Waals surface area contributed by atoms with Crippen LogP contribution in [0.2, 0.25) is 0 Å². The fraction of sp³-hybridized carbons (Fsp3) is 0.192. The Labute approximate surface area is 197 Å². The van der Waals surface area contributed by atoms with Gasteiger partial charge in [-0.3, -0.25) is 4.79 Å². The van der Waals surface area contributed by atoms with Crippen LogP contribution in [0.1, 0.15) is 34.0 Å². The maximum atomic E-state index is 12.9. The van der Waals surface area contributed by atoms with Gasteiger partial charge in [-0.05, 0) is 28.8 Å². The molecule has 0 saturated carbocycles. The molecular weight excluding hydrogens is 434 g/mol. The zero-order chi connectivity index (χ0) is 23.0. The minimum Gasteiger partial charge on any atom is -0.493 e. The number of methoxy groups -OCH3 is 2. The highest BCUT2D eigenvalue weighted by Gasteiger charge is 2.19. The molecule has 0 bridgehead atoms. The zero-order valence-corrected chi connectivity index (χ0v) is 19.3. The third-order valence-corrected chi connectivity index (χ3v) is 6.15. The van der Waals surface area contributed by atoms with Crippen LogP contribution in [0.3, 0.4) is 0 Å².